The highest BCUT2D eigenvalue weighted by Crippen LogP contribution is 2.31. The van der Waals surface area contributed by atoms with Gasteiger partial charge in [0.15, 0.2) is 5.75 Å². The van der Waals surface area contributed by atoms with Crippen molar-refractivity contribution >= 4 is 23.4 Å². The first-order valence-electron chi connectivity index (χ1n) is 5.56. The van der Waals surface area contributed by atoms with E-state index in [0.29, 0.717) is 18.0 Å². The molecule has 1 fully saturated rings. The number of ether oxygens (including phenoxy) is 1. The third kappa shape index (κ3) is 3.05. The Kier molecular flexibility index (Phi) is 3.75. The molecule has 1 aromatic carbocycles. The minimum absolute atomic E-state index is 0.0646. The maximum atomic E-state index is 10.9. The molecule has 7 nitrogen and oxygen atoms in total. The molecule has 0 spiro atoms. The molecule has 19 heavy (non-hydrogen) atoms. The van der Waals surface area contributed by atoms with Gasteiger partial charge in [-0.25, -0.2) is 4.79 Å². The van der Waals surface area contributed by atoms with Crippen molar-refractivity contribution in [3.8, 4) is 5.75 Å². The van der Waals surface area contributed by atoms with E-state index >= 15 is 0 Å². The molecule has 1 amide bonds. The second-order valence-corrected chi connectivity index (χ2v) is 4.56. The van der Waals surface area contributed by atoms with E-state index in [4.69, 9.17) is 21.4 Å². The number of nitrogens with zero attached hydrogens (tertiary/aromatic N) is 2. The van der Waals surface area contributed by atoms with Crippen molar-refractivity contribution in [1.82, 2.24) is 4.90 Å². The highest BCUT2D eigenvalue weighted by Gasteiger charge is 2.29. The molecule has 0 saturated carbocycles. The molecule has 1 aliphatic rings. The van der Waals surface area contributed by atoms with Crippen LogP contribution in [0.25, 0.3) is 0 Å². The lowest BCUT2D eigenvalue weighted by Crippen LogP contribution is -2.29. The molecule has 1 heterocycles. The van der Waals surface area contributed by atoms with Crippen LogP contribution in [-0.2, 0) is 0 Å². The van der Waals surface area contributed by atoms with E-state index in [0.717, 1.165) is 0 Å². The Labute approximate surface area is 113 Å². The van der Waals surface area contributed by atoms with Crippen LogP contribution in [0.15, 0.2) is 18.2 Å². The zero-order chi connectivity index (χ0) is 14.0. The van der Waals surface area contributed by atoms with E-state index in [9.17, 15) is 14.9 Å². The molecule has 1 aromatic rings. The third-order valence-corrected chi connectivity index (χ3v) is 3.06. The smallest absolute Gasteiger partial charge is 0.407 e. The Bertz CT molecular complexity index is 522. The molecule has 1 N–H and O–H groups in total. The van der Waals surface area contributed by atoms with Crippen molar-refractivity contribution in [2.24, 2.45) is 0 Å². The first kappa shape index (κ1) is 13.4. The number of nitro benzene ring substituents is 1. The number of rotatable bonds is 3. The summed E-state index contributed by atoms with van der Waals surface area (Å²) < 4.78 is 5.50. The number of hydrogen-bond acceptors (Lipinski definition) is 4. The van der Waals surface area contributed by atoms with E-state index in [1.54, 1.807) is 0 Å². The van der Waals surface area contributed by atoms with Gasteiger partial charge >= 0.3 is 11.8 Å². The van der Waals surface area contributed by atoms with Crippen molar-refractivity contribution in [2.45, 2.75) is 12.5 Å². The maximum absolute atomic E-state index is 10.9. The molecule has 0 aromatic heterocycles. The average molecular weight is 287 g/mol. The molecule has 2 rings (SSSR count). The van der Waals surface area contributed by atoms with E-state index in [1.165, 1.54) is 23.1 Å². The molecular formula is C11H11ClN2O5. The number of benzene rings is 1. The Hall–Kier alpha value is -2.02. The molecule has 0 bridgehead atoms. The van der Waals surface area contributed by atoms with Crippen molar-refractivity contribution in [1.29, 1.82) is 0 Å². The molecule has 8 heteroatoms. The number of amides is 1. The SMILES string of the molecule is O=C(O)N1CCC(Oc2cc(Cl)ccc2[N+](=O)[O-])C1. The van der Waals surface area contributed by atoms with Gasteiger partial charge in [-0.3, -0.25) is 10.1 Å². The summed E-state index contributed by atoms with van der Waals surface area (Å²) in [4.78, 5) is 22.3. The third-order valence-electron chi connectivity index (χ3n) is 2.83. The van der Waals surface area contributed by atoms with Gasteiger partial charge in [0.2, 0.25) is 0 Å². The van der Waals surface area contributed by atoms with E-state index in [-0.39, 0.29) is 18.0 Å². The summed E-state index contributed by atoms with van der Waals surface area (Å²) in [5, 5.41) is 20.0. The van der Waals surface area contributed by atoms with E-state index in [2.05, 4.69) is 0 Å². The number of likely N-dealkylation sites (tertiary alicyclic amines) is 1. The predicted molar refractivity (Wildman–Crippen MR) is 66.7 cm³/mol. The summed E-state index contributed by atoms with van der Waals surface area (Å²) in [6.45, 7) is 0.549. The standard InChI is InChI=1S/C11H11ClN2O5/c12-7-1-2-9(14(17)18)10(5-7)19-8-3-4-13(6-8)11(15)16/h1-2,5,8H,3-4,6H2,(H,15,16). The molecule has 102 valence electrons. The fourth-order valence-corrected chi connectivity index (χ4v) is 2.07. The normalized spacial score (nSPS) is 18.4. The van der Waals surface area contributed by atoms with Gasteiger partial charge in [-0.2, -0.15) is 0 Å². The highest BCUT2D eigenvalue weighted by atomic mass is 35.5. The average Bonchev–Trinajstić information content (AvgIpc) is 2.77. The summed E-state index contributed by atoms with van der Waals surface area (Å²) in [6, 6.07) is 4.04. The number of carbonyl (C=O) groups is 1. The quantitative estimate of drug-likeness (QED) is 0.680. The second kappa shape index (κ2) is 5.31. The Morgan fingerprint density at radius 2 is 2.32 bits per heavy atom. The number of carboxylic acid groups (broad SMARTS) is 1. The monoisotopic (exact) mass is 286 g/mol. The lowest BCUT2D eigenvalue weighted by atomic mass is 10.2. The molecular weight excluding hydrogens is 276 g/mol. The van der Waals surface area contributed by atoms with Gasteiger partial charge < -0.3 is 14.7 Å². The van der Waals surface area contributed by atoms with Gasteiger partial charge in [-0.1, -0.05) is 11.6 Å². The van der Waals surface area contributed by atoms with Crippen LogP contribution in [-0.4, -0.2) is 40.2 Å². The number of halogens is 1. The topological polar surface area (TPSA) is 92.9 Å². The van der Waals surface area contributed by atoms with Crippen molar-refractivity contribution in [3.05, 3.63) is 33.3 Å². The maximum Gasteiger partial charge on any atom is 0.407 e. The molecule has 1 aliphatic heterocycles. The summed E-state index contributed by atoms with van der Waals surface area (Å²) in [6.07, 6.45) is -0.921. The van der Waals surface area contributed by atoms with Gasteiger partial charge in [0.25, 0.3) is 0 Å². The molecule has 1 saturated heterocycles. The van der Waals surface area contributed by atoms with Crippen LogP contribution in [0.4, 0.5) is 10.5 Å². The van der Waals surface area contributed by atoms with Crippen LogP contribution in [0.1, 0.15) is 6.42 Å². The zero-order valence-corrected chi connectivity index (χ0v) is 10.5. The van der Waals surface area contributed by atoms with Crippen molar-refractivity contribution in [2.75, 3.05) is 13.1 Å². The van der Waals surface area contributed by atoms with Gasteiger partial charge in [-0.05, 0) is 6.07 Å². The van der Waals surface area contributed by atoms with Crippen LogP contribution >= 0.6 is 11.6 Å². The second-order valence-electron chi connectivity index (χ2n) is 4.13. The van der Waals surface area contributed by atoms with Crippen LogP contribution in [0, 0.1) is 10.1 Å². The van der Waals surface area contributed by atoms with Crippen LogP contribution in [0.3, 0.4) is 0 Å². The minimum Gasteiger partial charge on any atom is -0.482 e. The van der Waals surface area contributed by atoms with Crippen molar-refractivity contribution < 1.29 is 19.6 Å². The summed E-state index contributed by atoms with van der Waals surface area (Å²) in [7, 11) is 0. The first-order valence-corrected chi connectivity index (χ1v) is 5.93. The van der Waals surface area contributed by atoms with Crippen LogP contribution in [0.5, 0.6) is 5.75 Å². The lowest BCUT2D eigenvalue weighted by molar-refractivity contribution is -0.386. The van der Waals surface area contributed by atoms with Crippen molar-refractivity contribution in [3.63, 3.8) is 0 Å². The zero-order valence-electron chi connectivity index (χ0n) is 9.78. The van der Waals surface area contributed by atoms with Crippen LogP contribution < -0.4 is 4.74 Å². The van der Waals surface area contributed by atoms with Crippen LogP contribution in [0.2, 0.25) is 5.02 Å². The molecule has 0 aliphatic carbocycles. The van der Waals surface area contributed by atoms with Gasteiger partial charge in [0.1, 0.15) is 6.10 Å². The number of hydrogen-bond donors (Lipinski definition) is 1. The first-order chi connectivity index (χ1) is 8.97. The van der Waals surface area contributed by atoms with Gasteiger partial charge in [0.05, 0.1) is 11.5 Å². The van der Waals surface area contributed by atoms with Gasteiger partial charge in [0, 0.05) is 30.1 Å². The Morgan fingerprint density at radius 1 is 1.58 bits per heavy atom. The van der Waals surface area contributed by atoms with Gasteiger partial charge in [-0.15, -0.1) is 0 Å². The predicted octanol–water partition coefficient (Wildman–Crippen LogP) is 2.38. The fraction of sp³-hybridized carbons (Fsp3) is 0.364. The summed E-state index contributed by atoms with van der Waals surface area (Å²) in [5.41, 5.74) is -0.182. The number of nitro groups is 1. The Morgan fingerprint density at radius 3 is 2.89 bits per heavy atom. The largest absolute Gasteiger partial charge is 0.482 e. The highest BCUT2D eigenvalue weighted by molar-refractivity contribution is 6.30. The van der Waals surface area contributed by atoms with E-state index in [1.807, 2.05) is 0 Å². The summed E-state index contributed by atoms with van der Waals surface area (Å²) >= 11 is 5.78. The molecule has 0 radical (unpaired) electrons. The molecule has 1 atom stereocenters. The van der Waals surface area contributed by atoms with E-state index < -0.39 is 17.1 Å². The fourth-order valence-electron chi connectivity index (χ4n) is 1.91. The summed E-state index contributed by atoms with van der Waals surface area (Å²) in [5.74, 6) is 0.0646. The Balaban J connectivity index is 2.13. The minimum atomic E-state index is -1.02. The lowest BCUT2D eigenvalue weighted by Gasteiger charge is -2.14. The molecule has 1 unspecified atom stereocenters.